The first-order valence-corrected chi connectivity index (χ1v) is 8.33. The van der Waals surface area contributed by atoms with E-state index in [0.29, 0.717) is 10.6 Å². The van der Waals surface area contributed by atoms with Gasteiger partial charge in [-0.05, 0) is 74.2 Å². The lowest BCUT2D eigenvalue weighted by molar-refractivity contribution is -0.0357. The van der Waals surface area contributed by atoms with Gasteiger partial charge in [0.15, 0.2) is 0 Å². The Kier molecular flexibility index (Phi) is 2.63. The quantitative estimate of drug-likeness (QED) is 0.889. The van der Waals surface area contributed by atoms with Crippen LogP contribution in [0.1, 0.15) is 42.5 Å². The Morgan fingerprint density at radius 2 is 1.79 bits per heavy atom. The Morgan fingerprint density at radius 3 is 2.32 bits per heavy atom. The number of hydrogen-bond acceptors (Lipinski definition) is 3. The van der Waals surface area contributed by atoms with Crippen molar-refractivity contribution >= 4 is 16.3 Å². The van der Waals surface area contributed by atoms with Gasteiger partial charge in [-0.25, -0.2) is 0 Å². The van der Waals surface area contributed by atoms with E-state index >= 15 is 0 Å². The molecule has 2 nitrogen and oxygen atoms in total. The third-order valence-corrected chi connectivity index (χ3v) is 6.78. The van der Waals surface area contributed by atoms with E-state index in [1.807, 2.05) is 6.07 Å². The normalized spacial score (nSPS) is 39.4. The minimum atomic E-state index is 0.684. The highest BCUT2D eigenvalue weighted by Gasteiger charge is 2.47. The summed E-state index contributed by atoms with van der Waals surface area (Å²) in [4.78, 5) is 1.34. The summed E-state index contributed by atoms with van der Waals surface area (Å²) in [6.45, 7) is 0. The fourth-order valence-corrected chi connectivity index (χ4v) is 6.20. The maximum absolute atomic E-state index is 9.02. The molecule has 2 N–H and O–H groups in total. The van der Waals surface area contributed by atoms with Crippen molar-refractivity contribution in [3.63, 3.8) is 0 Å². The standard InChI is InChI=1S/C16H20N2S/c17-8-13-6-14(19-16(13)18)7-15-11-2-9-1-10(4-11)5-12(15)3-9/h6,9-12,15H,1-5,7,18H2. The highest BCUT2D eigenvalue weighted by Crippen LogP contribution is 2.57. The molecule has 1 heterocycles. The van der Waals surface area contributed by atoms with Crippen LogP contribution in [-0.2, 0) is 6.42 Å². The molecule has 0 aliphatic heterocycles. The molecule has 0 amide bonds. The Balaban J connectivity index is 1.55. The van der Waals surface area contributed by atoms with Crippen LogP contribution in [0.15, 0.2) is 6.07 Å². The SMILES string of the molecule is N#Cc1cc(CC2C3CC4CC(C3)CC2C4)sc1N. The third kappa shape index (κ3) is 1.89. The second kappa shape index (κ2) is 4.24. The monoisotopic (exact) mass is 272 g/mol. The van der Waals surface area contributed by atoms with E-state index in [9.17, 15) is 0 Å². The number of hydrogen-bond donors (Lipinski definition) is 1. The Morgan fingerprint density at radius 1 is 1.16 bits per heavy atom. The number of nitrogen functional groups attached to an aromatic ring is 1. The molecule has 4 saturated carbocycles. The minimum absolute atomic E-state index is 0.684. The number of thiophene rings is 1. The van der Waals surface area contributed by atoms with Gasteiger partial charge in [-0.2, -0.15) is 5.26 Å². The summed E-state index contributed by atoms with van der Waals surface area (Å²) in [5, 5.41) is 9.73. The highest BCUT2D eigenvalue weighted by molar-refractivity contribution is 7.16. The van der Waals surface area contributed by atoms with Gasteiger partial charge in [-0.15, -0.1) is 11.3 Å². The molecular weight excluding hydrogens is 252 g/mol. The first kappa shape index (κ1) is 11.8. The molecule has 4 bridgehead atoms. The van der Waals surface area contributed by atoms with Crippen LogP contribution in [-0.4, -0.2) is 0 Å². The van der Waals surface area contributed by atoms with Gasteiger partial charge in [0.2, 0.25) is 0 Å². The highest BCUT2D eigenvalue weighted by atomic mass is 32.1. The van der Waals surface area contributed by atoms with Crippen LogP contribution in [0.2, 0.25) is 0 Å². The fraction of sp³-hybridized carbons (Fsp3) is 0.688. The van der Waals surface area contributed by atoms with Crippen LogP contribution >= 0.6 is 11.3 Å². The number of nitrogens with zero attached hydrogens (tertiary/aromatic N) is 1. The van der Waals surface area contributed by atoms with E-state index in [4.69, 9.17) is 11.0 Å². The maximum Gasteiger partial charge on any atom is 0.104 e. The van der Waals surface area contributed by atoms with Crippen molar-refractivity contribution in [3.05, 3.63) is 16.5 Å². The van der Waals surface area contributed by atoms with Gasteiger partial charge in [0.1, 0.15) is 11.1 Å². The number of nitriles is 1. The van der Waals surface area contributed by atoms with E-state index in [1.54, 1.807) is 11.3 Å². The number of nitrogens with two attached hydrogens (primary N) is 1. The summed E-state index contributed by atoms with van der Waals surface area (Å²) >= 11 is 1.64. The fourth-order valence-electron chi connectivity index (χ4n) is 5.25. The van der Waals surface area contributed by atoms with Crippen LogP contribution in [0.25, 0.3) is 0 Å². The van der Waals surface area contributed by atoms with Crippen molar-refractivity contribution in [2.75, 3.05) is 5.73 Å². The summed E-state index contributed by atoms with van der Waals surface area (Å²) in [5.41, 5.74) is 6.58. The van der Waals surface area contributed by atoms with Gasteiger partial charge in [0.05, 0.1) is 5.56 Å². The molecule has 0 aromatic carbocycles. The van der Waals surface area contributed by atoms with Crippen molar-refractivity contribution in [1.82, 2.24) is 0 Å². The summed E-state index contributed by atoms with van der Waals surface area (Å²) in [5.74, 6) is 4.89. The van der Waals surface area contributed by atoms with Crippen LogP contribution in [0.5, 0.6) is 0 Å². The second-order valence-electron chi connectivity index (χ2n) is 6.90. The lowest BCUT2D eigenvalue weighted by Crippen LogP contribution is -2.45. The molecule has 3 heteroatoms. The summed E-state index contributed by atoms with van der Waals surface area (Å²) < 4.78 is 0. The molecule has 0 radical (unpaired) electrons. The van der Waals surface area contributed by atoms with Crippen LogP contribution < -0.4 is 5.73 Å². The zero-order valence-corrected chi connectivity index (χ0v) is 12.0. The first-order chi connectivity index (χ1) is 9.22. The predicted molar refractivity (Wildman–Crippen MR) is 77.7 cm³/mol. The van der Waals surface area contributed by atoms with E-state index in [2.05, 4.69) is 6.07 Å². The second-order valence-corrected chi connectivity index (χ2v) is 8.07. The lowest BCUT2D eigenvalue weighted by Gasteiger charge is -2.54. The van der Waals surface area contributed by atoms with Gasteiger partial charge in [0.25, 0.3) is 0 Å². The molecule has 0 spiro atoms. The van der Waals surface area contributed by atoms with E-state index in [0.717, 1.165) is 29.6 Å². The molecule has 1 aromatic heterocycles. The van der Waals surface area contributed by atoms with E-state index < -0.39 is 0 Å². The molecule has 0 atom stereocenters. The molecule has 100 valence electrons. The molecule has 0 unspecified atom stereocenters. The zero-order chi connectivity index (χ0) is 13.0. The van der Waals surface area contributed by atoms with Crippen molar-refractivity contribution < 1.29 is 0 Å². The molecular formula is C16H20N2S. The summed E-state index contributed by atoms with van der Waals surface area (Å²) in [6, 6.07) is 4.24. The molecule has 4 fully saturated rings. The van der Waals surface area contributed by atoms with Crippen molar-refractivity contribution in [2.45, 2.75) is 38.5 Å². The maximum atomic E-state index is 9.02. The first-order valence-electron chi connectivity index (χ1n) is 7.51. The Hall–Kier alpha value is -1.01. The molecule has 4 aliphatic rings. The smallest absolute Gasteiger partial charge is 0.104 e. The third-order valence-electron chi connectivity index (χ3n) is 5.79. The largest absolute Gasteiger partial charge is 0.389 e. The molecule has 19 heavy (non-hydrogen) atoms. The number of rotatable bonds is 2. The molecule has 1 aromatic rings. The van der Waals surface area contributed by atoms with Gasteiger partial charge >= 0.3 is 0 Å². The zero-order valence-electron chi connectivity index (χ0n) is 11.1. The Bertz CT molecular complexity index is 511. The van der Waals surface area contributed by atoms with Crippen molar-refractivity contribution in [2.24, 2.45) is 29.6 Å². The average Bonchev–Trinajstić information content (AvgIpc) is 2.73. The molecule has 5 rings (SSSR count). The number of anilines is 1. The lowest BCUT2D eigenvalue weighted by atomic mass is 9.51. The topological polar surface area (TPSA) is 49.8 Å². The van der Waals surface area contributed by atoms with Gasteiger partial charge in [0, 0.05) is 4.88 Å². The van der Waals surface area contributed by atoms with Crippen LogP contribution in [0.4, 0.5) is 5.00 Å². The minimum Gasteiger partial charge on any atom is -0.389 e. The summed E-state index contributed by atoms with van der Waals surface area (Å²) in [7, 11) is 0. The molecule has 0 saturated heterocycles. The van der Waals surface area contributed by atoms with E-state index in [1.165, 1.54) is 43.4 Å². The van der Waals surface area contributed by atoms with Gasteiger partial charge in [-0.3, -0.25) is 0 Å². The van der Waals surface area contributed by atoms with Crippen molar-refractivity contribution in [1.29, 1.82) is 5.26 Å². The Labute approximate surface area is 118 Å². The van der Waals surface area contributed by atoms with E-state index in [-0.39, 0.29) is 0 Å². The average molecular weight is 272 g/mol. The van der Waals surface area contributed by atoms with Gasteiger partial charge in [-0.1, -0.05) is 0 Å². The van der Waals surface area contributed by atoms with Crippen LogP contribution in [0, 0.1) is 40.9 Å². The van der Waals surface area contributed by atoms with Gasteiger partial charge < -0.3 is 5.73 Å². The summed E-state index contributed by atoms with van der Waals surface area (Å²) in [6.07, 6.45) is 8.59. The molecule has 4 aliphatic carbocycles. The predicted octanol–water partition coefficient (Wildman–Crippen LogP) is 3.82. The van der Waals surface area contributed by atoms with Crippen molar-refractivity contribution in [3.8, 4) is 6.07 Å². The van der Waals surface area contributed by atoms with Crippen LogP contribution in [0.3, 0.4) is 0 Å².